The van der Waals surface area contributed by atoms with Crippen molar-refractivity contribution in [3.63, 3.8) is 0 Å². The maximum atomic E-state index is 12.9. The molecule has 0 saturated carbocycles. The zero-order chi connectivity index (χ0) is 50.7. The van der Waals surface area contributed by atoms with Crippen molar-refractivity contribution in [3.8, 4) is 0 Å². The van der Waals surface area contributed by atoms with Gasteiger partial charge in [0.05, 0.1) is 0 Å². The van der Waals surface area contributed by atoms with Gasteiger partial charge < -0.3 is 14.2 Å². The fraction of sp³-hybridized carbons (Fsp3) is 0.734. The average Bonchev–Trinajstić information content (AvgIpc) is 3.36. The summed E-state index contributed by atoms with van der Waals surface area (Å²) in [6.45, 7) is 6.49. The largest absolute Gasteiger partial charge is 0.462 e. The number of allylic oxidation sites excluding steroid dienone is 14. The van der Waals surface area contributed by atoms with Crippen LogP contribution in [0.3, 0.4) is 0 Å². The Kier molecular flexibility index (Phi) is 55.3. The third-order valence-electron chi connectivity index (χ3n) is 12.6. The van der Waals surface area contributed by atoms with E-state index in [0.29, 0.717) is 19.3 Å². The topological polar surface area (TPSA) is 78.9 Å². The van der Waals surface area contributed by atoms with Crippen molar-refractivity contribution in [2.75, 3.05) is 13.2 Å². The lowest BCUT2D eigenvalue weighted by Gasteiger charge is -2.18. The standard InChI is InChI=1S/C64H110O6/c1-4-7-10-13-16-19-22-25-28-30-31-32-34-37-39-42-45-48-51-54-57-63(66)69-60-61(70-64(67)58-55-52-49-46-43-40-35-27-24-21-18-15-12-9-6-3)59-68-62(65)56-53-50-47-44-41-38-36-33-29-26-23-20-17-14-11-8-5-2/h7,10,16,19,25,27-28,31-32,35,37,39,45,48,61H,4-6,8-9,11-15,17-18,20-24,26,29-30,33-34,36,38,40-44,46-47,49-60H2,1-3H3/b10-7-,19-16+,28-25+,32-31+,35-27+,39-37+,48-45+/t61-/m1/s1. The van der Waals surface area contributed by atoms with Crippen LogP contribution in [0.15, 0.2) is 85.1 Å². The van der Waals surface area contributed by atoms with Crippen molar-refractivity contribution in [1.82, 2.24) is 0 Å². The molecule has 0 amide bonds. The molecule has 0 aromatic heterocycles. The van der Waals surface area contributed by atoms with Gasteiger partial charge in [0, 0.05) is 19.3 Å². The highest BCUT2D eigenvalue weighted by Crippen LogP contribution is 2.16. The molecule has 0 saturated heterocycles. The zero-order valence-electron chi connectivity index (χ0n) is 46.0. The van der Waals surface area contributed by atoms with Gasteiger partial charge in [0.2, 0.25) is 0 Å². The van der Waals surface area contributed by atoms with Gasteiger partial charge in [0.15, 0.2) is 6.10 Å². The number of unbranched alkanes of at least 4 members (excludes halogenated alkanes) is 28. The minimum absolute atomic E-state index is 0.0955. The summed E-state index contributed by atoms with van der Waals surface area (Å²) in [4.78, 5) is 38.2. The first kappa shape index (κ1) is 66.6. The van der Waals surface area contributed by atoms with E-state index in [1.807, 2.05) is 0 Å². The molecule has 0 unspecified atom stereocenters. The van der Waals surface area contributed by atoms with Crippen LogP contribution in [0.25, 0.3) is 0 Å². The first-order valence-electron chi connectivity index (χ1n) is 29.6. The number of carbonyl (C=O) groups is 3. The lowest BCUT2D eigenvalue weighted by atomic mass is 10.0. The van der Waals surface area contributed by atoms with Crippen molar-refractivity contribution in [1.29, 1.82) is 0 Å². The smallest absolute Gasteiger partial charge is 0.306 e. The van der Waals surface area contributed by atoms with Crippen LogP contribution in [0.1, 0.15) is 284 Å². The second kappa shape index (κ2) is 58.2. The summed E-state index contributed by atoms with van der Waals surface area (Å²) in [5, 5.41) is 0. The highest BCUT2D eigenvalue weighted by molar-refractivity contribution is 5.71. The van der Waals surface area contributed by atoms with E-state index in [2.05, 4.69) is 106 Å². The maximum absolute atomic E-state index is 12.9. The summed E-state index contributed by atoms with van der Waals surface area (Å²) < 4.78 is 16.8. The van der Waals surface area contributed by atoms with Gasteiger partial charge in [-0.2, -0.15) is 0 Å². The third kappa shape index (κ3) is 55.5. The molecular weight excluding hydrogens is 865 g/mol. The van der Waals surface area contributed by atoms with Gasteiger partial charge in [-0.1, -0.05) is 260 Å². The Morgan fingerprint density at radius 1 is 0.300 bits per heavy atom. The van der Waals surface area contributed by atoms with Gasteiger partial charge in [-0.25, -0.2) is 0 Å². The van der Waals surface area contributed by atoms with Gasteiger partial charge in [-0.15, -0.1) is 0 Å². The Hall–Kier alpha value is -3.41. The monoisotopic (exact) mass is 975 g/mol. The molecule has 0 aliphatic carbocycles. The molecule has 70 heavy (non-hydrogen) atoms. The number of esters is 3. The predicted molar refractivity (Wildman–Crippen MR) is 302 cm³/mol. The summed E-state index contributed by atoms with van der Waals surface area (Å²) in [6, 6.07) is 0. The van der Waals surface area contributed by atoms with E-state index in [9.17, 15) is 14.4 Å². The summed E-state index contributed by atoms with van der Waals surface area (Å²) in [5.74, 6) is -0.957. The van der Waals surface area contributed by atoms with Crippen LogP contribution in [0.2, 0.25) is 0 Å². The third-order valence-corrected chi connectivity index (χ3v) is 12.6. The molecule has 0 aromatic carbocycles. The maximum Gasteiger partial charge on any atom is 0.306 e. The van der Waals surface area contributed by atoms with Crippen LogP contribution in [-0.2, 0) is 28.6 Å². The zero-order valence-corrected chi connectivity index (χ0v) is 46.0. The highest BCUT2D eigenvalue weighted by Gasteiger charge is 2.19. The Labute approximate surface area is 433 Å². The molecule has 0 rings (SSSR count). The summed E-state index contributed by atoms with van der Waals surface area (Å²) in [5.41, 5.74) is 0. The number of rotatable bonds is 53. The molecule has 1 atom stereocenters. The van der Waals surface area contributed by atoms with Crippen LogP contribution in [0, 0.1) is 0 Å². The Bertz CT molecular complexity index is 1350. The predicted octanol–water partition coefficient (Wildman–Crippen LogP) is 19.9. The van der Waals surface area contributed by atoms with Crippen LogP contribution in [-0.4, -0.2) is 37.2 Å². The molecule has 0 aliphatic rings. The van der Waals surface area contributed by atoms with Gasteiger partial charge in [-0.3, -0.25) is 14.4 Å². The molecule has 402 valence electrons. The quantitative estimate of drug-likeness (QED) is 0.0261. The number of hydrogen-bond donors (Lipinski definition) is 0. The van der Waals surface area contributed by atoms with Crippen molar-refractivity contribution in [2.45, 2.75) is 290 Å². The van der Waals surface area contributed by atoms with Gasteiger partial charge >= 0.3 is 17.9 Å². The number of carbonyl (C=O) groups excluding carboxylic acids is 3. The Balaban J connectivity index is 4.46. The fourth-order valence-corrected chi connectivity index (χ4v) is 8.22. The van der Waals surface area contributed by atoms with Crippen molar-refractivity contribution in [3.05, 3.63) is 85.1 Å². The molecule has 0 heterocycles. The second-order valence-corrected chi connectivity index (χ2v) is 19.5. The first-order chi connectivity index (χ1) is 34.5. The lowest BCUT2D eigenvalue weighted by molar-refractivity contribution is -0.167. The minimum atomic E-state index is -0.803. The van der Waals surface area contributed by atoms with Crippen molar-refractivity contribution >= 4 is 17.9 Å². The van der Waals surface area contributed by atoms with Crippen LogP contribution < -0.4 is 0 Å². The summed E-state index contributed by atoms with van der Waals surface area (Å²) >= 11 is 0. The summed E-state index contributed by atoms with van der Waals surface area (Å²) in [7, 11) is 0. The van der Waals surface area contributed by atoms with Crippen LogP contribution in [0.4, 0.5) is 0 Å². The summed E-state index contributed by atoms with van der Waals surface area (Å²) in [6.07, 6.45) is 75.8. The molecule has 0 radical (unpaired) electrons. The molecule has 0 bridgehead atoms. The molecule has 0 aliphatic heterocycles. The van der Waals surface area contributed by atoms with E-state index >= 15 is 0 Å². The van der Waals surface area contributed by atoms with E-state index in [1.54, 1.807) is 0 Å². The Morgan fingerprint density at radius 2 is 0.571 bits per heavy atom. The molecular formula is C64H110O6. The van der Waals surface area contributed by atoms with E-state index < -0.39 is 6.10 Å². The molecule has 0 aromatic rings. The lowest BCUT2D eigenvalue weighted by Crippen LogP contribution is -2.30. The number of ether oxygens (including phenoxy) is 3. The van der Waals surface area contributed by atoms with Crippen molar-refractivity contribution < 1.29 is 28.6 Å². The van der Waals surface area contributed by atoms with Gasteiger partial charge in [0.25, 0.3) is 0 Å². The Morgan fingerprint density at radius 3 is 0.943 bits per heavy atom. The highest BCUT2D eigenvalue weighted by atomic mass is 16.6. The average molecular weight is 976 g/mol. The van der Waals surface area contributed by atoms with Gasteiger partial charge in [-0.05, 0) is 89.9 Å². The molecule has 6 heteroatoms. The van der Waals surface area contributed by atoms with Crippen LogP contribution >= 0.6 is 0 Å². The van der Waals surface area contributed by atoms with E-state index in [0.717, 1.165) is 96.3 Å². The van der Waals surface area contributed by atoms with Gasteiger partial charge in [0.1, 0.15) is 13.2 Å². The minimum Gasteiger partial charge on any atom is -0.462 e. The van der Waals surface area contributed by atoms with E-state index in [4.69, 9.17) is 14.2 Å². The normalized spacial score (nSPS) is 12.7. The first-order valence-corrected chi connectivity index (χ1v) is 29.6. The van der Waals surface area contributed by atoms with E-state index in [1.165, 1.54) is 141 Å². The molecule has 0 fully saturated rings. The molecule has 6 nitrogen and oxygen atoms in total. The molecule has 0 N–H and O–H groups in total. The molecule has 0 spiro atoms. The second-order valence-electron chi connectivity index (χ2n) is 19.5. The van der Waals surface area contributed by atoms with Crippen LogP contribution in [0.5, 0.6) is 0 Å². The SMILES string of the molecule is CC/C=C\C/C=C/C/C=C/C/C=C/C/C=C/C/C=C/CCCC(=O)OC[C@@H](COC(=O)CCCCCCCCCCCCCCCCCCC)OC(=O)CCCCCCC/C=C/CCCCCCCC. The number of hydrogen-bond acceptors (Lipinski definition) is 6. The van der Waals surface area contributed by atoms with E-state index in [-0.39, 0.29) is 37.5 Å². The van der Waals surface area contributed by atoms with Crippen molar-refractivity contribution in [2.24, 2.45) is 0 Å². The fourth-order valence-electron chi connectivity index (χ4n) is 8.22.